The number of ether oxygens (including phenoxy) is 2. The summed E-state index contributed by atoms with van der Waals surface area (Å²) < 4.78 is 11.3. The molecule has 0 heterocycles. The Morgan fingerprint density at radius 1 is 1.18 bits per heavy atom. The van der Waals surface area contributed by atoms with Gasteiger partial charge in [-0.2, -0.15) is 0 Å². The zero-order valence-corrected chi connectivity index (χ0v) is 14.4. The molecular weight excluding hydrogens is 278 g/mol. The van der Waals surface area contributed by atoms with Crippen molar-refractivity contribution in [1.82, 2.24) is 5.32 Å². The average Bonchev–Trinajstić information content (AvgIpc) is 2.46. The van der Waals surface area contributed by atoms with Gasteiger partial charge in [0.1, 0.15) is 5.75 Å². The van der Waals surface area contributed by atoms with Gasteiger partial charge in [-0.05, 0) is 37.0 Å². The van der Waals surface area contributed by atoms with Crippen LogP contribution in [0.2, 0.25) is 0 Å². The molecule has 4 nitrogen and oxygen atoms in total. The molecule has 1 N–H and O–H groups in total. The fourth-order valence-corrected chi connectivity index (χ4v) is 1.93. The highest BCUT2D eigenvalue weighted by Crippen LogP contribution is 2.21. The number of benzene rings is 1. The fourth-order valence-electron chi connectivity index (χ4n) is 1.93. The highest BCUT2D eigenvalue weighted by molar-refractivity contribution is 5.94. The van der Waals surface area contributed by atoms with E-state index in [-0.39, 0.29) is 5.91 Å². The van der Waals surface area contributed by atoms with Crippen LogP contribution in [0.3, 0.4) is 0 Å². The van der Waals surface area contributed by atoms with Crippen LogP contribution < -0.4 is 10.1 Å². The predicted octanol–water partition coefficient (Wildman–Crippen LogP) is 3.64. The summed E-state index contributed by atoms with van der Waals surface area (Å²) in [6, 6.07) is 5.51. The van der Waals surface area contributed by atoms with E-state index >= 15 is 0 Å². The van der Waals surface area contributed by atoms with Crippen molar-refractivity contribution >= 4 is 5.91 Å². The topological polar surface area (TPSA) is 47.6 Å². The monoisotopic (exact) mass is 307 g/mol. The number of hydrogen-bond acceptors (Lipinski definition) is 3. The number of carbonyl (C=O) groups excluding carboxylic acids is 1. The maximum atomic E-state index is 12.2. The molecular formula is C18H29NO3. The first-order valence-corrected chi connectivity index (χ1v) is 8.05. The van der Waals surface area contributed by atoms with Crippen LogP contribution in [0.25, 0.3) is 0 Å². The van der Waals surface area contributed by atoms with Gasteiger partial charge in [0.15, 0.2) is 0 Å². The summed E-state index contributed by atoms with van der Waals surface area (Å²) in [5, 5.41) is 2.93. The van der Waals surface area contributed by atoms with Gasteiger partial charge in [-0.3, -0.25) is 4.79 Å². The van der Waals surface area contributed by atoms with Crippen molar-refractivity contribution in [2.75, 3.05) is 19.8 Å². The highest BCUT2D eigenvalue weighted by Gasteiger charge is 2.11. The van der Waals surface area contributed by atoms with E-state index in [9.17, 15) is 4.79 Å². The van der Waals surface area contributed by atoms with Crippen molar-refractivity contribution in [2.45, 2.75) is 41.2 Å². The standard InChI is InChI=1S/C18H29NO3/c1-6-22-17-8-7-15(18(20)19-10-13(2)3)9-16(17)12-21-11-14(4)5/h7-9,13-14H,6,10-12H2,1-5H3,(H,19,20). The molecule has 0 aliphatic heterocycles. The van der Waals surface area contributed by atoms with Crippen molar-refractivity contribution < 1.29 is 14.3 Å². The van der Waals surface area contributed by atoms with Crippen molar-refractivity contribution in [1.29, 1.82) is 0 Å². The van der Waals surface area contributed by atoms with Crippen LogP contribution >= 0.6 is 0 Å². The first-order chi connectivity index (χ1) is 10.4. The van der Waals surface area contributed by atoms with Gasteiger partial charge in [-0.1, -0.05) is 27.7 Å². The van der Waals surface area contributed by atoms with E-state index in [0.29, 0.717) is 43.8 Å². The van der Waals surface area contributed by atoms with Crippen LogP contribution in [0, 0.1) is 11.8 Å². The van der Waals surface area contributed by atoms with Crippen molar-refractivity contribution in [3.63, 3.8) is 0 Å². The Kier molecular flexibility index (Phi) is 7.96. The average molecular weight is 307 g/mol. The maximum absolute atomic E-state index is 12.2. The number of hydrogen-bond donors (Lipinski definition) is 1. The molecule has 1 aromatic rings. The molecule has 0 saturated carbocycles. The van der Waals surface area contributed by atoms with E-state index in [2.05, 4.69) is 33.0 Å². The molecule has 0 aliphatic rings. The molecule has 0 spiro atoms. The number of rotatable bonds is 9. The molecule has 1 rings (SSSR count). The Morgan fingerprint density at radius 2 is 1.91 bits per heavy atom. The molecule has 0 aliphatic carbocycles. The second-order valence-corrected chi connectivity index (χ2v) is 6.27. The summed E-state index contributed by atoms with van der Waals surface area (Å²) >= 11 is 0. The van der Waals surface area contributed by atoms with Gasteiger partial charge in [-0.15, -0.1) is 0 Å². The summed E-state index contributed by atoms with van der Waals surface area (Å²) in [6.45, 7) is 12.7. The van der Waals surface area contributed by atoms with Crippen LogP contribution in [0.15, 0.2) is 18.2 Å². The lowest BCUT2D eigenvalue weighted by molar-refractivity contribution is 0.0934. The molecule has 1 amide bonds. The second-order valence-electron chi connectivity index (χ2n) is 6.27. The zero-order chi connectivity index (χ0) is 16.5. The normalized spacial score (nSPS) is 11.0. The summed E-state index contributed by atoms with van der Waals surface area (Å²) in [4.78, 5) is 12.2. The largest absolute Gasteiger partial charge is 0.494 e. The highest BCUT2D eigenvalue weighted by atomic mass is 16.5. The van der Waals surface area contributed by atoms with Crippen molar-refractivity contribution in [2.24, 2.45) is 11.8 Å². The number of nitrogens with one attached hydrogen (secondary N) is 1. The van der Waals surface area contributed by atoms with Crippen molar-refractivity contribution in [3.8, 4) is 5.75 Å². The van der Waals surface area contributed by atoms with Gasteiger partial charge < -0.3 is 14.8 Å². The van der Waals surface area contributed by atoms with E-state index in [0.717, 1.165) is 11.3 Å². The quantitative estimate of drug-likeness (QED) is 0.757. The van der Waals surface area contributed by atoms with Gasteiger partial charge in [0.25, 0.3) is 5.91 Å². The minimum Gasteiger partial charge on any atom is -0.494 e. The minimum absolute atomic E-state index is 0.0538. The lowest BCUT2D eigenvalue weighted by Gasteiger charge is -2.14. The summed E-state index contributed by atoms with van der Waals surface area (Å²) in [5.74, 6) is 1.64. The van der Waals surface area contributed by atoms with E-state index in [1.54, 1.807) is 6.07 Å². The third kappa shape index (κ3) is 6.48. The van der Waals surface area contributed by atoms with Crippen LogP contribution in [-0.2, 0) is 11.3 Å². The molecule has 1 aromatic carbocycles. The molecule has 124 valence electrons. The van der Waals surface area contributed by atoms with E-state index < -0.39 is 0 Å². The smallest absolute Gasteiger partial charge is 0.251 e. The Labute approximate surface area is 134 Å². The molecule has 0 bridgehead atoms. The minimum atomic E-state index is -0.0538. The molecule has 4 heteroatoms. The SMILES string of the molecule is CCOc1ccc(C(=O)NCC(C)C)cc1COCC(C)C. The Balaban J connectivity index is 2.80. The van der Waals surface area contributed by atoms with Crippen molar-refractivity contribution in [3.05, 3.63) is 29.3 Å². The lowest BCUT2D eigenvalue weighted by atomic mass is 10.1. The van der Waals surface area contributed by atoms with Crippen LogP contribution in [0.1, 0.15) is 50.5 Å². The molecule has 0 aromatic heterocycles. The van der Waals surface area contributed by atoms with Gasteiger partial charge in [0.05, 0.1) is 13.2 Å². The Hall–Kier alpha value is -1.55. The van der Waals surface area contributed by atoms with E-state index in [4.69, 9.17) is 9.47 Å². The number of carbonyl (C=O) groups is 1. The molecule has 22 heavy (non-hydrogen) atoms. The maximum Gasteiger partial charge on any atom is 0.251 e. The third-order valence-electron chi connectivity index (χ3n) is 3.00. The Morgan fingerprint density at radius 3 is 2.50 bits per heavy atom. The Bertz CT molecular complexity index is 469. The van der Waals surface area contributed by atoms with Gasteiger partial charge >= 0.3 is 0 Å². The molecule has 0 unspecified atom stereocenters. The molecule has 0 radical (unpaired) electrons. The van der Waals surface area contributed by atoms with Gasteiger partial charge in [0, 0.05) is 24.3 Å². The second kappa shape index (κ2) is 9.46. The fraction of sp³-hybridized carbons (Fsp3) is 0.611. The summed E-state index contributed by atoms with van der Waals surface area (Å²) in [5.41, 5.74) is 1.56. The van der Waals surface area contributed by atoms with Gasteiger partial charge in [0.2, 0.25) is 0 Å². The predicted molar refractivity (Wildman–Crippen MR) is 89.3 cm³/mol. The molecule has 0 saturated heterocycles. The van der Waals surface area contributed by atoms with E-state index in [1.807, 2.05) is 19.1 Å². The molecule has 0 fully saturated rings. The first kappa shape index (κ1) is 18.5. The summed E-state index contributed by atoms with van der Waals surface area (Å²) in [7, 11) is 0. The lowest BCUT2D eigenvalue weighted by Crippen LogP contribution is -2.27. The third-order valence-corrected chi connectivity index (χ3v) is 3.00. The van der Waals surface area contributed by atoms with Crippen LogP contribution in [0.5, 0.6) is 5.75 Å². The first-order valence-electron chi connectivity index (χ1n) is 8.05. The van der Waals surface area contributed by atoms with Crippen LogP contribution in [-0.4, -0.2) is 25.7 Å². The zero-order valence-electron chi connectivity index (χ0n) is 14.4. The molecule has 0 atom stereocenters. The van der Waals surface area contributed by atoms with Crippen LogP contribution in [0.4, 0.5) is 0 Å². The summed E-state index contributed by atoms with van der Waals surface area (Å²) in [6.07, 6.45) is 0. The van der Waals surface area contributed by atoms with Gasteiger partial charge in [-0.25, -0.2) is 0 Å². The van der Waals surface area contributed by atoms with E-state index in [1.165, 1.54) is 0 Å². The number of amides is 1.